The SMILES string of the molecule is C[N+]1(CC(=O)NCCCCCC[NH+]=C(O)CCCC[C@@H]2SC[C@@H]3NC([O-])=N[C@@H]32)C2CCC1CC(O[P+]([O-])(Oc1ccc([N+](=O)[O-])cc1)c1ccccc1)C2. The zero-order chi connectivity index (χ0) is 38.1. The summed E-state index contributed by atoms with van der Waals surface area (Å²) in [5.41, 5.74) is -0.0851. The van der Waals surface area contributed by atoms with Crippen molar-refractivity contribution in [3.63, 3.8) is 0 Å². The van der Waals surface area contributed by atoms with E-state index in [-0.39, 0.29) is 53.6 Å². The number of benzene rings is 2. The van der Waals surface area contributed by atoms with E-state index in [0.29, 0.717) is 53.3 Å². The smallest absolute Gasteiger partial charge is 0.332 e. The van der Waals surface area contributed by atoms with Gasteiger partial charge in [0.05, 0.1) is 42.6 Å². The molecule has 6 rings (SSSR count). The lowest BCUT2D eigenvalue weighted by molar-refractivity contribution is -0.942. The summed E-state index contributed by atoms with van der Waals surface area (Å²) in [5, 5.41) is 39.7. The van der Waals surface area contributed by atoms with Crippen LogP contribution in [0.3, 0.4) is 0 Å². The molecule has 4 aliphatic heterocycles. The second-order valence-corrected chi connectivity index (χ2v) is 18.4. The van der Waals surface area contributed by atoms with Gasteiger partial charge >= 0.3 is 13.8 Å². The molecule has 0 aromatic heterocycles. The van der Waals surface area contributed by atoms with Crippen molar-refractivity contribution in [1.29, 1.82) is 0 Å². The molecule has 6 atom stereocenters. The largest absolute Gasteiger partial charge is 0.846 e. The standard InChI is InChI=1S/C38H53N6O8PS/c1-44(25-36(46)40-22-10-3-2-9-21-39-35(45)14-8-7-13-34-37-33(26-54-34)41-38(47)42-37)28-17-18-29(44)24-31(23-28)52-53(50,32-11-5-4-6-12-32)51-30-19-15-27(16-20-30)43(48)49/h4-6,11-12,15-16,19-20,28-29,31,33-34,37H,2-3,7-10,13-14,17-18,21-26H2,1H3,(H3-,39,40,41,42,45,46,47)/p+1/t28?,29?,31?,33-,34-,37-,44?,53?/m0/s1. The zero-order valence-corrected chi connectivity index (χ0v) is 32.7. The number of rotatable bonds is 20. The predicted molar refractivity (Wildman–Crippen MR) is 206 cm³/mol. The van der Waals surface area contributed by atoms with Crippen molar-refractivity contribution in [2.24, 2.45) is 4.99 Å². The third-order valence-electron chi connectivity index (χ3n) is 11.5. The van der Waals surface area contributed by atoms with E-state index in [1.807, 2.05) is 17.8 Å². The number of quaternary nitrogens is 1. The average Bonchev–Trinajstić information content (AvgIpc) is 3.73. The maximum atomic E-state index is 14.3. The Kier molecular flexibility index (Phi) is 13.7. The number of nitrogens with zero attached hydrogens (tertiary/aromatic N) is 3. The van der Waals surface area contributed by atoms with Crippen molar-refractivity contribution in [2.75, 3.05) is 32.4 Å². The fourth-order valence-corrected chi connectivity index (χ4v) is 11.8. The molecule has 54 heavy (non-hydrogen) atoms. The van der Waals surface area contributed by atoms with E-state index < -0.39 is 12.9 Å². The van der Waals surface area contributed by atoms with Crippen LogP contribution in [0.1, 0.15) is 77.0 Å². The Morgan fingerprint density at radius 2 is 1.80 bits per heavy atom. The number of nitro benzene ring substituents is 1. The summed E-state index contributed by atoms with van der Waals surface area (Å²) in [7, 11) is -1.68. The summed E-state index contributed by atoms with van der Waals surface area (Å²) in [6.07, 6.45) is 10.3. The number of thioether (sulfide) groups is 1. The third-order valence-corrected chi connectivity index (χ3v) is 14.9. The Hall–Kier alpha value is -3.49. The van der Waals surface area contributed by atoms with E-state index in [1.165, 1.54) is 24.3 Å². The Bertz CT molecular complexity index is 1620. The number of carbonyl (C=O) groups is 1. The van der Waals surface area contributed by atoms with Gasteiger partial charge in [0.2, 0.25) is 0 Å². The molecule has 4 N–H and O–H groups in total. The number of nitro groups is 1. The summed E-state index contributed by atoms with van der Waals surface area (Å²) in [5.74, 6) is 1.54. The van der Waals surface area contributed by atoms with Crippen molar-refractivity contribution in [1.82, 2.24) is 10.6 Å². The first-order chi connectivity index (χ1) is 26.0. The third kappa shape index (κ3) is 10.2. The molecule has 3 unspecified atom stereocenters. The summed E-state index contributed by atoms with van der Waals surface area (Å²) < 4.78 is 13.0. The van der Waals surface area contributed by atoms with E-state index in [0.717, 1.165) is 70.1 Å². The summed E-state index contributed by atoms with van der Waals surface area (Å²) in [4.78, 5) is 45.4. The van der Waals surface area contributed by atoms with Crippen molar-refractivity contribution >= 4 is 48.5 Å². The number of nitrogens with one attached hydrogen (secondary N) is 3. The second-order valence-electron chi connectivity index (χ2n) is 15.2. The lowest BCUT2D eigenvalue weighted by Gasteiger charge is -2.46. The number of aliphatic hydroxyl groups excluding tert-OH is 1. The molecule has 2 bridgehead atoms. The van der Waals surface area contributed by atoms with Crippen molar-refractivity contribution in [3.8, 4) is 5.75 Å². The van der Waals surface area contributed by atoms with Crippen molar-refractivity contribution in [3.05, 3.63) is 64.7 Å². The second kappa shape index (κ2) is 18.4. The van der Waals surface area contributed by atoms with Crippen molar-refractivity contribution < 1.29 is 43.3 Å². The summed E-state index contributed by atoms with van der Waals surface area (Å²) in [6.45, 7) is 1.74. The highest BCUT2D eigenvalue weighted by molar-refractivity contribution is 8.00. The topological polar surface area (TPSA) is 195 Å². The lowest BCUT2D eigenvalue weighted by Crippen LogP contribution is -2.73. The highest BCUT2D eigenvalue weighted by atomic mass is 32.2. The fraction of sp³-hybridized carbons (Fsp3) is 0.605. The van der Waals surface area contributed by atoms with E-state index in [2.05, 4.69) is 27.7 Å². The Labute approximate surface area is 322 Å². The monoisotopic (exact) mass is 785 g/mol. The summed E-state index contributed by atoms with van der Waals surface area (Å²) >= 11 is 1.89. The van der Waals surface area contributed by atoms with Crippen LogP contribution in [0.5, 0.6) is 5.75 Å². The minimum absolute atomic E-state index is 0.0422. The van der Waals surface area contributed by atoms with Gasteiger partial charge in [-0.05, 0) is 49.9 Å². The minimum Gasteiger partial charge on any atom is -0.846 e. The number of amides is 1. The Morgan fingerprint density at radius 1 is 1.07 bits per heavy atom. The maximum absolute atomic E-state index is 14.3. The molecule has 16 heteroatoms. The lowest BCUT2D eigenvalue weighted by atomic mass is 9.97. The minimum atomic E-state index is -3.83. The van der Waals surface area contributed by atoms with Crippen LogP contribution in [0.4, 0.5) is 5.69 Å². The van der Waals surface area contributed by atoms with Crippen LogP contribution >= 0.6 is 19.7 Å². The molecule has 4 heterocycles. The highest BCUT2D eigenvalue weighted by Gasteiger charge is 2.55. The highest BCUT2D eigenvalue weighted by Crippen LogP contribution is 2.55. The quantitative estimate of drug-likeness (QED) is 0.0294. The molecule has 0 aliphatic carbocycles. The first-order valence-electron chi connectivity index (χ1n) is 19.3. The number of aliphatic imine (C=N–C) groups is 1. The van der Waals surface area contributed by atoms with Crippen molar-refractivity contribution in [2.45, 2.75) is 113 Å². The number of amidine groups is 1. The number of non-ortho nitro benzene ring substituents is 1. The van der Waals surface area contributed by atoms with Crippen LogP contribution < -0.4 is 35.5 Å². The maximum Gasteiger partial charge on any atom is 0.332 e. The number of carbonyl (C=O) groups excluding carboxylic acids is 1. The molecule has 0 spiro atoms. The van der Waals surface area contributed by atoms with Crippen LogP contribution in [-0.2, 0) is 9.32 Å². The van der Waals surface area contributed by atoms with Gasteiger partial charge in [-0.15, -0.1) is 0 Å². The Balaban J connectivity index is 0.869. The van der Waals surface area contributed by atoms with Crippen LogP contribution in [0.15, 0.2) is 59.6 Å². The van der Waals surface area contributed by atoms with E-state index in [9.17, 15) is 30.0 Å². The van der Waals surface area contributed by atoms with Gasteiger partial charge in [0, 0.05) is 67.8 Å². The zero-order valence-electron chi connectivity index (χ0n) is 31.0. The van der Waals surface area contributed by atoms with Gasteiger partial charge < -0.3 is 34.7 Å². The van der Waals surface area contributed by atoms with E-state index in [1.54, 1.807) is 24.3 Å². The number of aliphatic hydroxyl groups is 1. The van der Waals surface area contributed by atoms with Crippen LogP contribution in [-0.4, -0.2) is 100 Å². The van der Waals surface area contributed by atoms with Gasteiger partial charge in [-0.25, -0.2) is 4.99 Å². The number of hydrogen-bond donors (Lipinski definition) is 4. The normalized spacial score (nSPS) is 28.5. The molecule has 1 amide bonds. The number of piperidine rings is 1. The van der Waals surface area contributed by atoms with Gasteiger partial charge in [0.25, 0.3) is 11.6 Å². The van der Waals surface area contributed by atoms with Gasteiger partial charge in [-0.2, -0.15) is 16.3 Å². The fourth-order valence-electron chi connectivity index (χ4n) is 8.47. The molecule has 0 saturated carbocycles. The molecule has 3 saturated heterocycles. The van der Waals surface area contributed by atoms with Gasteiger partial charge in [-0.3, -0.25) is 19.9 Å². The van der Waals surface area contributed by atoms with Gasteiger partial charge in [-0.1, -0.05) is 31.0 Å². The molecular weight excluding hydrogens is 731 g/mol. The van der Waals surface area contributed by atoms with Crippen LogP contribution in [0.25, 0.3) is 0 Å². The molecule has 2 aromatic carbocycles. The average molecular weight is 786 g/mol. The van der Waals surface area contributed by atoms with E-state index in [4.69, 9.17) is 9.05 Å². The van der Waals surface area contributed by atoms with Crippen LogP contribution in [0.2, 0.25) is 0 Å². The van der Waals surface area contributed by atoms with Gasteiger partial charge in [0.1, 0.15) is 12.6 Å². The summed E-state index contributed by atoms with van der Waals surface area (Å²) in [6, 6.07) is 14.8. The molecular formula is C38H54N6O8PS+. The van der Waals surface area contributed by atoms with Crippen LogP contribution in [0, 0.1) is 10.1 Å². The first kappa shape index (κ1) is 40.2. The number of hydrogen-bond acceptors (Lipinski definition) is 10. The van der Waals surface area contributed by atoms with Gasteiger partial charge in [0.15, 0.2) is 17.6 Å². The molecule has 2 aromatic rings. The number of likely N-dealkylation sites (N-methyl/N-ethyl adjacent to an activating group) is 1. The molecule has 3 fully saturated rings. The molecule has 4 aliphatic rings. The predicted octanol–water partition coefficient (Wildman–Crippen LogP) is 2.02. The first-order valence-corrected chi connectivity index (χ1v) is 21.9. The number of fused-ring (bicyclic) bond motifs is 3. The molecule has 0 radical (unpaired) electrons. The number of unbranched alkanes of at least 4 members (excludes halogenated alkanes) is 4. The molecule has 294 valence electrons. The Morgan fingerprint density at radius 3 is 2.52 bits per heavy atom. The van der Waals surface area contributed by atoms with E-state index >= 15 is 0 Å². The molecule has 14 nitrogen and oxygen atoms in total.